The molecule has 2 N–H and O–H groups in total. The highest BCUT2D eigenvalue weighted by molar-refractivity contribution is 5.30. The molecule has 18 heavy (non-hydrogen) atoms. The van der Waals surface area contributed by atoms with E-state index in [0.717, 1.165) is 24.5 Å². The molecule has 0 radical (unpaired) electrons. The van der Waals surface area contributed by atoms with Crippen molar-refractivity contribution in [3.05, 3.63) is 29.8 Å². The number of hydrogen-bond acceptors (Lipinski definition) is 3. The zero-order valence-corrected chi connectivity index (χ0v) is 11.3. The summed E-state index contributed by atoms with van der Waals surface area (Å²) in [5, 5.41) is 0. The largest absolute Gasteiger partial charge is 0.492 e. The average Bonchev–Trinajstić information content (AvgIpc) is 2.40. The van der Waals surface area contributed by atoms with Crippen LogP contribution in [0.15, 0.2) is 24.3 Å². The molecule has 2 rings (SSSR count). The van der Waals surface area contributed by atoms with Gasteiger partial charge in [-0.25, -0.2) is 0 Å². The van der Waals surface area contributed by atoms with Gasteiger partial charge in [-0.2, -0.15) is 0 Å². The lowest BCUT2D eigenvalue weighted by molar-refractivity contribution is 0.183. The predicted octanol–water partition coefficient (Wildman–Crippen LogP) is 2.57. The first-order valence-electron chi connectivity index (χ1n) is 6.96. The van der Waals surface area contributed by atoms with Crippen LogP contribution in [0.5, 0.6) is 5.75 Å². The third kappa shape index (κ3) is 4.00. The molecule has 1 aliphatic heterocycles. The lowest BCUT2D eigenvalue weighted by atomic mass is 10.1. The minimum absolute atomic E-state index is 0.0654. The number of piperidine rings is 1. The van der Waals surface area contributed by atoms with Crippen molar-refractivity contribution in [2.75, 3.05) is 26.2 Å². The summed E-state index contributed by atoms with van der Waals surface area (Å²) in [5.41, 5.74) is 6.99. The molecular formula is C15H24N2O. The smallest absolute Gasteiger partial charge is 0.119 e. The predicted molar refractivity (Wildman–Crippen MR) is 74.8 cm³/mol. The first-order valence-corrected chi connectivity index (χ1v) is 6.96. The van der Waals surface area contributed by atoms with Gasteiger partial charge in [0.25, 0.3) is 0 Å². The molecular weight excluding hydrogens is 224 g/mol. The molecule has 3 nitrogen and oxygen atoms in total. The maximum absolute atomic E-state index is 5.86. The summed E-state index contributed by atoms with van der Waals surface area (Å²) in [5.74, 6) is 0.932. The van der Waals surface area contributed by atoms with E-state index < -0.39 is 0 Å². The Morgan fingerprint density at radius 1 is 1.28 bits per heavy atom. The maximum atomic E-state index is 5.86. The Balaban J connectivity index is 1.77. The van der Waals surface area contributed by atoms with E-state index in [1.807, 2.05) is 31.2 Å². The molecule has 0 unspecified atom stereocenters. The van der Waals surface area contributed by atoms with Crippen LogP contribution in [0.4, 0.5) is 0 Å². The number of nitrogens with two attached hydrogens (primary N) is 1. The molecule has 1 aromatic rings. The maximum Gasteiger partial charge on any atom is 0.119 e. The molecule has 0 bridgehead atoms. The third-order valence-corrected chi connectivity index (χ3v) is 3.51. The number of rotatable bonds is 5. The van der Waals surface area contributed by atoms with Crippen LogP contribution >= 0.6 is 0 Å². The molecule has 1 aromatic carbocycles. The second kappa shape index (κ2) is 6.76. The highest BCUT2D eigenvalue weighted by Gasteiger charge is 2.09. The van der Waals surface area contributed by atoms with Crippen LogP contribution in [0.1, 0.15) is 37.8 Å². The topological polar surface area (TPSA) is 38.5 Å². The Morgan fingerprint density at radius 3 is 2.78 bits per heavy atom. The summed E-state index contributed by atoms with van der Waals surface area (Å²) in [7, 11) is 0. The van der Waals surface area contributed by atoms with Gasteiger partial charge in [-0.05, 0) is 50.6 Å². The Hall–Kier alpha value is -1.06. The minimum Gasteiger partial charge on any atom is -0.492 e. The Bertz CT molecular complexity index is 359. The monoisotopic (exact) mass is 248 g/mol. The second-order valence-electron chi connectivity index (χ2n) is 5.11. The molecule has 0 spiro atoms. The van der Waals surface area contributed by atoms with Gasteiger partial charge >= 0.3 is 0 Å². The second-order valence-corrected chi connectivity index (χ2v) is 5.11. The van der Waals surface area contributed by atoms with Crippen LogP contribution in [0.2, 0.25) is 0 Å². The first kappa shape index (κ1) is 13.4. The fraction of sp³-hybridized carbons (Fsp3) is 0.600. The van der Waals surface area contributed by atoms with Crippen molar-refractivity contribution in [1.29, 1.82) is 0 Å². The number of benzene rings is 1. The van der Waals surface area contributed by atoms with Gasteiger partial charge in [0.1, 0.15) is 12.4 Å². The van der Waals surface area contributed by atoms with Crippen molar-refractivity contribution in [3.8, 4) is 5.75 Å². The van der Waals surface area contributed by atoms with Gasteiger partial charge < -0.3 is 10.5 Å². The van der Waals surface area contributed by atoms with Crippen LogP contribution in [-0.2, 0) is 0 Å². The SMILES string of the molecule is C[C@@H](N)c1cccc(OCCN2CCCCC2)c1. The molecule has 1 aliphatic rings. The van der Waals surface area contributed by atoms with E-state index in [-0.39, 0.29) is 6.04 Å². The van der Waals surface area contributed by atoms with Crippen molar-refractivity contribution in [3.63, 3.8) is 0 Å². The zero-order valence-electron chi connectivity index (χ0n) is 11.3. The number of nitrogens with zero attached hydrogens (tertiary/aromatic N) is 1. The van der Waals surface area contributed by atoms with Crippen LogP contribution in [0, 0.1) is 0 Å². The van der Waals surface area contributed by atoms with E-state index in [9.17, 15) is 0 Å². The van der Waals surface area contributed by atoms with E-state index in [0.29, 0.717) is 0 Å². The van der Waals surface area contributed by atoms with Crippen LogP contribution in [-0.4, -0.2) is 31.1 Å². The standard InChI is InChI=1S/C15H24N2O/c1-13(16)14-6-5-7-15(12-14)18-11-10-17-8-3-2-4-9-17/h5-7,12-13H,2-4,8-11,16H2,1H3/t13-/m1/s1. The lowest BCUT2D eigenvalue weighted by Crippen LogP contribution is -2.33. The van der Waals surface area contributed by atoms with Crippen LogP contribution in [0.3, 0.4) is 0 Å². The third-order valence-electron chi connectivity index (χ3n) is 3.51. The van der Waals surface area contributed by atoms with Gasteiger partial charge in [-0.15, -0.1) is 0 Å². The summed E-state index contributed by atoms with van der Waals surface area (Å²) in [6.45, 7) is 6.24. The van der Waals surface area contributed by atoms with Crippen molar-refractivity contribution >= 4 is 0 Å². The fourth-order valence-electron chi connectivity index (χ4n) is 2.36. The van der Waals surface area contributed by atoms with Crippen molar-refractivity contribution in [1.82, 2.24) is 4.90 Å². The van der Waals surface area contributed by atoms with E-state index in [1.165, 1.54) is 32.4 Å². The molecule has 0 saturated carbocycles. The Kier molecular flexibility index (Phi) is 5.02. The highest BCUT2D eigenvalue weighted by Crippen LogP contribution is 2.17. The number of ether oxygens (including phenoxy) is 1. The molecule has 0 aromatic heterocycles. The van der Waals surface area contributed by atoms with Crippen LogP contribution in [0.25, 0.3) is 0 Å². The molecule has 1 saturated heterocycles. The molecule has 1 atom stereocenters. The summed E-state index contributed by atoms with van der Waals surface area (Å²) in [4.78, 5) is 2.49. The van der Waals surface area contributed by atoms with Gasteiger partial charge in [0.2, 0.25) is 0 Å². The van der Waals surface area contributed by atoms with E-state index >= 15 is 0 Å². The molecule has 100 valence electrons. The normalized spacial score (nSPS) is 18.6. The minimum atomic E-state index is 0.0654. The van der Waals surface area contributed by atoms with Gasteiger partial charge in [-0.3, -0.25) is 4.90 Å². The molecule has 0 amide bonds. The van der Waals surface area contributed by atoms with Gasteiger partial charge in [-0.1, -0.05) is 18.6 Å². The summed E-state index contributed by atoms with van der Waals surface area (Å²) in [6.07, 6.45) is 4.05. The van der Waals surface area contributed by atoms with Gasteiger partial charge in [0, 0.05) is 12.6 Å². The quantitative estimate of drug-likeness (QED) is 0.870. The van der Waals surface area contributed by atoms with E-state index in [4.69, 9.17) is 10.5 Å². The van der Waals surface area contributed by atoms with Crippen molar-refractivity contribution in [2.45, 2.75) is 32.2 Å². The Morgan fingerprint density at radius 2 is 2.06 bits per heavy atom. The number of likely N-dealkylation sites (tertiary alicyclic amines) is 1. The van der Waals surface area contributed by atoms with E-state index in [1.54, 1.807) is 0 Å². The van der Waals surface area contributed by atoms with Crippen molar-refractivity contribution in [2.24, 2.45) is 5.73 Å². The Labute approximate surface area is 110 Å². The number of hydrogen-bond donors (Lipinski definition) is 1. The molecule has 0 aliphatic carbocycles. The average molecular weight is 248 g/mol. The summed E-state index contributed by atoms with van der Waals surface area (Å²) >= 11 is 0. The highest BCUT2D eigenvalue weighted by atomic mass is 16.5. The molecule has 1 heterocycles. The van der Waals surface area contributed by atoms with E-state index in [2.05, 4.69) is 4.90 Å². The zero-order chi connectivity index (χ0) is 12.8. The van der Waals surface area contributed by atoms with Crippen LogP contribution < -0.4 is 10.5 Å². The summed E-state index contributed by atoms with van der Waals surface area (Å²) < 4.78 is 5.80. The van der Waals surface area contributed by atoms with Crippen molar-refractivity contribution < 1.29 is 4.74 Å². The lowest BCUT2D eigenvalue weighted by Gasteiger charge is -2.26. The fourth-order valence-corrected chi connectivity index (χ4v) is 2.36. The first-order chi connectivity index (χ1) is 8.75. The van der Waals surface area contributed by atoms with Gasteiger partial charge in [0.15, 0.2) is 0 Å². The molecule has 3 heteroatoms. The van der Waals surface area contributed by atoms with Gasteiger partial charge in [0.05, 0.1) is 0 Å². The summed E-state index contributed by atoms with van der Waals surface area (Å²) in [6, 6.07) is 8.16. The molecule has 1 fully saturated rings.